The highest BCUT2D eigenvalue weighted by Gasteiger charge is 2.24. The van der Waals surface area contributed by atoms with E-state index in [0.717, 1.165) is 31.5 Å². The first-order valence-electron chi connectivity index (χ1n) is 6.51. The largest absolute Gasteiger partial charge is 0.351 e. The molecule has 0 radical (unpaired) electrons. The number of hydrogen-bond acceptors (Lipinski definition) is 2. The van der Waals surface area contributed by atoms with Crippen molar-refractivity contribution in [2.24, 2.45) is 5.92 Å². The Kier molecular flexibility index (Phi) is 4.47. The number of benzene rings is 1. The summed E-state index contributed by atoms with van der Waals surface area (Å²) in [5, 5.41) is 5.91. The monoisotopic (exact) mass is 268 g/mol. The van der Waals surface area contributed by atoms with Gasteiger partial charge in [0, 0.05) is 6.54 Å². The SMILES string of the molecule is CC1CCNC(C(=O)NCc2ccc(F)c(F)c2)C1. The third-order valence-corrected chi connectivity index (χ3v) is 3.43. The van der Waals surface area contributed by atoms with Crippen LogP contribution in [0.4, 0.5) is 8.78 Å². The summed E-state index contributed by atoms with van der Waals surface area (Å²) in [7, 11) is 0. The van der Waals surface area contributed by atoms with E-state index in [0.29, 0.717) is 11.5 Å². The molecule has 2 atom stereocenters. The standard InChI is InChI=1S/C14H18F2N2O/c1-9-4-5-17-13(6-9)14(19)18-8-10-2-3-11(15)12(16)7-10/h2-3,7,9,13,17H,4-6,8H2,1H3,(H,18,19). The van der Waals surface area contributed by atoms with Crippen molar-refractivity contribution in [3.05, 3.63) is 35.4 Å². The van der Waals surface area contributed by atoms with Crippen LogP contribution < -0.4 is 10.6 Å². The molecule has 0 aliphatic carbocycles. The number of halogens is 2. The van der Waals surface area contributed by atoms with Gasteiger partial charge in [-0.15, -0.1) is 0 Å². The lowest BCUT2D eigenvalue weighted by Crippen LogP contribution is -2.48. The van der Waals surface area contributed by atoms with Gasteiger partial charge < -0.3 is 10.6 Å². The quantitative estimate of drug-likeness (QED) is 0.880. The van der Waals surface area contributed by atoms with Crippen LogP contribution in [0.5, 0.6) is 0 Å². The zero-order valence-electron chi connectivity index (χ0n) is 10.9. The smallest absolute Gasteiger partial charge is 0.237 e. The molecule has 1 aliphatic heterocycles. The van der Waals surface area contributed by atoms with Crippen LogP contribution in [-0.4, -0.2) is 18.5 Å². The number of nitrogens with one attached hydrogen (secondary N) is 2. The second-order valence-corrected chi connectivity index (χ2v) is 5.10. The first-order valence-corrected chi connectivity index (χ1v) is 6.51. The molecule has 0 spiro atoms. The summed E-state index contributed by atoms with van der Waals surface area (Å²) in [5.74, 6) is -1.33. The van der Waals surface area contributed by atoms with Crippen molar-refractivity contribution in [2.45, 2.75) is 32.4 Å². The van der Waals surface area contributed by atoms with Crippen molar-refractivity contribution in [1.29, 1.82) is 0 Å². The maximum atomic E-state index is 13.0. The van der Waals surface area contributed by atoms with Gasteiger partial charge in [0.25, 0.3) is 0 Å². The van der Waals surface area contributed by atoms with Crippen molar-refractivity contribution in [3.63, 3.8) is 0 Å². The van der Waals surface area contributed by atoms with Crippen molar-refractivity contribution in [2.75, 3.05) is 6.54 Å². The van der Waals surface area contributed by atoms with Crippen LogP contribution in [0, 0.1) is 17.6 Å². The molecular formula is C14H18F2N2O. The Balaban J connectivity index is 1.87. The van der Waals surface area contributed by atoms with Gasteiger partial charge in [-0.2, -0.15) is 0 Å². The molecule has 1 heterocycles. The Morgan fingerprint density at radius 1 is 1.42 bits per heavy atom. The fourth-order valence-corrected chi connectivity index (χ4v) is 2.27. The topological polar surface area (TPSA) is 41.1 Å². The van der Waals surface area contributed by atoms with Crippen molar-refractivity contribution >= 4 is 5.91 Å². The Bertz CT molecular complexity index is 465. The van der Waals surface area contributed by atoms with Gasteiger partial charge in [0.2, 0.25) is 5.91 Å². The highest BCUT2D eigenvalue weighted by atomic mass is 19.2. The van der Waals surface area contributed by atoms with E-state index in [-0.39, 0.29) is 18.5 Å². The highest BCUT2D eigenvalue weighted by molar-refractivity contribution is 5.81. The van der Waals surface area contributed by atoms with E-state index in [1.807, 2.05) is 0 Å². The summed E-state index contributed by atoms with van der Waals surface area (Å²) in [6.45, 7) is 3.17. The normalized spacial score (nSPS) is 23.1. The van der Waals surface area contributed by atoms with E-state index in [1.54, 1.807) is 0 Å². The summed E-state index contributed by atoms with van der Waals surface area (Å²) in [5.41, 5.74) is 0.552. The molecule has 1 amide bonds. The third-order valence-electron chi connectivity index (χ3n) is 3.43. The number of carbonyl (C=O) groups is 1. The van der Waals surface area contributed by atoms with Crippen LogP contribution in [0.3, 0.4) is 0 Å². The maximum Gasteiger partial charge on any atom is 0.237 e. The second-order valence-electron chi connectivity index (χ2n) is 5.10. The summed E-state index contributed by atoms with van der Waals surface area (Å²) in [4.78, 5) is 11.9. The van der Waals surface area contributed by atoms with E-state index in [1.165, 1.54) is 6.07 Å². The molecule has 1 saturated heterocycles. The van der Waals surface area contributed by atoms with Crippen LogP contribution in [-0.2, 0) is 11.3 Å². The molecule has 1 fully saturated rings. The van der Waals surface area contributed by atoms with Gasteiger partial charge in [0.1, 0.15) is 0 Å². The number of amides is 1. The number of rotatable bonds is 3. The fourth-order valence-electron chi connectivity index (χ4n) is 2.27. The molecule has 0 saturated carbocycles. The van der Waals surface area contributed by atoms with Crippen molar-refractivity contribution in [1.82, 2.24) is 10.6 Å². The van der Waals surface area contributed by atoms with E-state index in [2.05, 4.69) is 17.6 Å². The molecule has 3 nitrogen and oxygen atoms in total. The molecule has 0 bridgehead atoms. The summed E-state index contributed by atoms with van der Waals surface area (Å²) < 4.78 is 25.8. The average molecular weight is 268 g/mol. The van der Waals surface area contributed by atoms with Gasteiger partial charge >= 0.3 is 0 Å². The molecule has 0 aromatic heterocycles. The molecule has 1 aromatic carbocycles. The molecule has 1 aromatic rings. The number of carbonyl (C=O) groups excluding carboxylic acids is 1. The van der Waals surface area contributed by atoms with Gasteiger partial charge in [-0.05, 0) is 43.0 Å². The maximum absolute atomic E-state index is 13.0. The van der Waals surface area contributed by atoms with Crippen molar-refractivity contribution in [3.8, 4) is 0 Å². The predicted octanol–water partition coefficient (Wildman–Crippen LogP) is 1.97. The van der Waals surface area contributed by atoms with Crippen molar-refractivity contribution < 1.29 is 13.6 Å². The van der Waals surface area contributed by atoms with Crippen LogP contribution in [0.15, 0.2) is 18.2 Å². The van der Waals surface area contributed by atoms with Crippen LogP contribution >= 0.6 is 0 Å². The van der Waals surface area contributed by atoms with Gasteiger partial charge in [-0.1, -0.05) is 13.0 Å². The molecule has 5 heteroatoms. The van der Waals surface area contributed by atoms with Gasteiger partial charge in [0.15, 0.2) is 11.6 Å². The molecule has 19 heavy (non-hydrogen) atoms. The van der Waals surface area contributed by atoms with Crippen LogP contribution in [0.2, 0.25) is 0 Å². The highest BCUT2D eigenvalue weighted by Crippen LogP contribution is 2.15. The fraction of sp³-hybridized carbons (Fsp3) is 0.500. The molecule has 2 unspecified atom stereocenters. The predicted molar refractivity (Wildman–Crippen MR) is 68.4 cm³/mol. The minimum absolute atomic E-state index is 0.0868. The Morgan fingerprint density at radius 3 is 2.89 bits per heavy atom. The molecule has 1 aliphatic rings. The van der Waals surface area contributed by atoms with E-state index < -0.39 is 11.6 Å². The summed E-state index contributed by atoms with van der Waals surface area (Å²) >= 11 is 0. The number of hydrogen-bond donors (Lipinski definition) is 2. The third kappa shape index (κ3) is 3.73. The zero-order chi connectivity index (χ0) is 13.8. The lowest BCUT2D eigenvalue weighted by atomic mass is 9.94. The Labute approximate surface area is 111 Å². The molecule has 2 N–H and O–H groups in total. The lowest BCUT2D eigenvalue weighted by Gasteiger charge is -2.27. The minimum atomic E-state index is -0.892. The first kappa shape index (κ1) is 13.9. The van der Waals surface area contributed by atoms with Crippen LogP contribution in [0.1, 0.15) is 25.3 Å². The minimum Gasteiger partial charge on any atom is -0.351 e. The van der Waals surface area contributed by atoms with Gasteiger partial charge in [0.05, 0.1) is 6.04 Å². The first-order chi connectivity index (χ1) is 9.06. The molecule has 2 rings (SSSR count). The van der Waals surface area contributed by atoms with E-state index >= 15 is 0 Å². The van der Waals surface area contributed by atoms with Gasteiger partial charge in [-0.25, -0.2) is 8.78 Å². The molecular weight excluding hydrogens is 250 g/mol. The average Bonchev–Trinajstić information content (AvgIpc) is 2.40. The summed E-state index contributed by atoms with van der Waals surface area (Å²) in [6, 6.07) is 3.45. The van der Waals surface area contributed by atoms with Gasteiger partial charge in [-0.3, -0.25) is 4.79 Å². The number of piperidine rings is 1. The summed E-state index contributed by atoms with van der Waals surface area (Å²) in [6.07, 6.45) is 1.89. The zero-order valence-corrected chi connectivity index (χ0v) is 10.9. The Morgan fingerprint density at radius 2 is 2.21 bits per heavy atom. The van der Waals surface area contributed by atoms with E-state index in [9.17, 15) is 13.6 Å². The lowest BCUT2D eigenvalue weighted by molar-refractivity contribution is -0.124. The van der Waals surface area contributed by atoms with E-state index in [4.69, 9.17) is 0 Å². The molecule has 104 valence electrons. The Hall–Kier alpha value is -1.49. The van der Waals surface area contributed by atoms with Crippen LogP contribution in [0.25, 0.3) is 0 Å². The second kappa shape index (κ2) is 6.10.